The lowest BCUT2D eigenvalue weighted by Gasteiger charge is -1.92. The number of halogens is 3. The number of benzene rings is 2. The van der Waals surface area contributed by atoms with E-state index in [4.69, 9.17) is 43.8 Å². The molecule has 40 heavy (non-hydrogen) atoms. The van der Waals surface area contributed by atoms with Gasteiger partial charge in [0, 0.05) is 43.4 Å². The molecule has 1 atom stereocenters. The van der Waals surface area contributed by atoms with Crippen LogP contribution < -0.4 is 17.2 Å². The van der Waals surface area contributed by atoms with Crippen LogP contribution in [0.15, 0.2) is 80.5 Å². The molecule has 0 bridgehead atoms. The zero-order valence-electron chi connectivity index (χ0n) is 21.4. The Morgan fingerprint density at radius 1 is 1.07 bits per heavy atom. The van der Waals surface area contributed by atoms with Crippen LogP contribution in [0.5, 0.6) is 0 Å². The van der Waals surface area contributed by atoms with Crippen LogP contribution in [0.25, 0.3) is 21.0 Å². The number of H-pyrrole nitrogens is 1. The summed E-state index contributed by atoms with van der Waals surface area (Å²) in [6, 6.07) is 14.9. The SMILES string of the molecule is C/C=C(Cl)\C(N)=C/N.NC1CCOC1.O=C(O)c1cc2ccc(Br)cc2[nH]1.O=C(O)c1cc2ccc(Br)cc2s1. The molecule has 0 aliphatic carbocycles. The van der Waals surface area contributed by atoms with Gasteiger partial charge < -0.3 is 37.1 Å². The predicted molar refractivity (Wildman–Crippen MR) is 169 cm³/mol. The Kier molecular flexibility index (Phi) is 13.7. The third-order valence-electron chi connectivity index (χ3n) is 5.18. The van der Waals surface area contributed by atoms with Gasteiger partial charge in [-0.2, -0.15) is 0 Å². The standard InChI is InChI=1S/C9H6BrNO2.C9H5BrO2S.C5H9ClN2.C4H9NO/c10-6-2-1-5-3-8(9(12)13)11-7(5)4-6;10-6-2-1-5-3-8(9(11)12)13-7(5)4-6;1-2-4(6)5(8)3-7;5-4-1-2-6-3-4/h1-4,11H,(H,12,13);1-4H,(H,11,12);2-3H,7-8H2,1H3;4H,1-3,5H2/b;;4-2+,5-3+;. The first-order chi connectivity index (χ1) is 18.9. The summed E-state index contributed by atoms with van der Waals surface area (Å²) in [5, 5.41) is 19.8. The van der Waals surface area contributed by atoms with E-state index in [1.54, 1.807) is 25.1 Å². The van der Waals surface area contributed by atoms with Crippen LogP contribution in [0.3, 0.4) is 0 Å². The number of rotatable bonds is 3. The van der Waals surface area contributed by atoms with Crippen molar-refractivity contribution in [3.05, 3.63) is 91.1 Å². The number of allylic oxidation sites excluding steroid dienone is 2. The molecule has 0 spiro atoms. The Hall–Kier alpha value is -2.87. The van der Waals surface area contributed by atoms with E-state index >= 15 is 0 Å². The second-order valence-corrected chi connectivity index (χ2v) is 11.5. The van der Waals surface area contributed by atoms with Crippen LogP contribution in [0.4, 0.5) is 0 Å². The predicted octanol–water partition coefficient (Wildman–Crippen LogP) is 6.61. The van der Waals surface area contributed by atoms with Crippen LogP contribution >= 0.6 is 54.8 Å². The van der Waals surface area contributed by atoms with Gasteiger partial charge in [-0.1, -0.05) is 61.7 Å². The molecule has 5 rings (SSSR count). The minimum absolute atomic E-state index is 0.216. The molecule has 1 aliphatic rings. The largest absolute Gasteiger partial charge is 0.477 e. The molecule has 1 fully saturated rings. The summed E-state index contributed by atoms with van der Waals surface area (Å²) in [4.78, 5) is 24.5. The third kappa shape index (κ3) is 10.6. The molecule has 1 aliphatic heterocycles. The topological polar surface area (TPSA) is 178 Å². The first-order valence-electron chi connectivity index (χ1n) is 11.7. The van der Waals surface area contributed by atoms with E-state index in [9.17, 15) is 9.59 Å². The second-order valence-electron chi connectivity index (χ2n) is 8.20. The van der Waals surface area contributed by atoms with Gasteiger partial charge in [-0.25, -0.2) is 9.59 Å². The number of aromatic carboxylic acids is 2. The Bertz CT molecular complexity index is 1410. The highest BCUT2D eigenvalue weighted by molar-refractivity contribution is 9.10. The number of ether oxygens (including phenoxy) is 1. The van der Waals surface area contributed by atoms with E-state index in [0.29, 0.717) is 21.6 Å². The molecule has 2 aromatic heterocycles. The quantitative estimate of drug-likeness (QED) is 0.128. The zero-order valence-corrected chi connectivity index (χ0v) is 26.1. The number of hydrogen-bond donors (Lipinski definition) is 6. The summed E-state index contributed by atoms with van der Waals surface area (Å²) in [5.74, 6) is -1.80. The van der Waals surface area contributed by atoms with Gasteiger partial charge in [0.1, 0.15) is 10.6 Å². The number of carbonyl (C=O) groups is 2. The van der Waals surface area contributed by atoms with Crippen molar-refractivity contribution in [2.24, 2.45) is 17.2 Å². The van der Waals surface area contributed by atoms with Gasteiger partial charge >= 0.3 is 11.9 Å². The summed E-state index contributed by atoms with van der Waals surface area (Å²) < 4.78 is 7.82. The summed E-state index contributed by atoms with van der Waals surface area (Å²) in [6.45, 7) is 3.42. The molecular weight excluding hydrogens is 688 g/mol. The maximum absolute atomic E-state index is 10.7. The average molecular weight is 717 g/mol. The van der Waals surface area contributed by atoms with Crippen molar-refractivity contribution in [1.82, 2.24) is 4.98 Å². The molecule has 3 heterocycles. The number of hydrogen-bond acceptors (Lipinski definition) is 7. The molecule has 1 saturated heterocycles. The number of carboxylic acids is 2. The number of carboxylic acid groups (broad SMARTS) is 2. The van der Waals surface area contributed by atoms with Gasteiger partial charge in [-0.05, 0) is 55.1 Å². The number of nitrogens with two attached hydrogens (primary N) is 3. The Labute approximate surface area is 256 Å². The van der Waals surface area contributed by atoms with Crippen LogP contribution in [0.1, 0.15) is 33.5 Å². The van der Waals surface area contributed by atoms with Gasteiger partial charge in [0.15, 0.2) is 0 Å². The molecule has 0 radical (unpaired) electrons. The molecule has 2 aromatic carbocycles. The molecule has 9 nitrogen and oxygen atoms in total. The van der Waals surface area contributed by atoms with Gasteiger partial charge in [0.2, 0.25) is 0 Å². The van der Waals surface area contributed by atoms with E-state index in [-0.39, 0.29) is 5.69 Å². The number of aromatic amines is 1. The fourth-order valence-electron chi connectivity index (χ4n) is 3.12. The minimum Gasteiger partial charge on any atom is -0.477 e. The minimum atomic E-state index is -0.938. The lowest BCUT2D eigenvalue weighted by atomic mass is 10.2. The molecule has 13 heteroatoms. The maximum atomic E-state index is 10.7. The van der Waals surface area contributed by atoms with Crippen molar-refractivity contribution in [2.45, 2.75) is 19.4 Å². The highest BCUT2D eigenvalue weighted by Gasteiger charge is 2.09. The number of thiophene rings is 1. The van der Waals surface area contributed by atoms with Gasteiger partial charge in [-0.15, -0.1) is 11.3 Å². The zero-order chi connectivity index (χ0) is 29.8. The first kappa shape index (κ1) is 33.3. The monoisotopic (exact) mass is 714 g/mol. The van der Waals surface area contributed by atoms with Crippen molar-refractivity contribution < 1.29 is 24.5 Å². The molecule has 0 saturated carbocycles. The second kappa shape index (κ2) is 16.4. The highest BCUT2D eigenvalue weighted by atomic mass is 79.9. The molecule has 9 N–H and O–H groups in total. The number of aromatic nitrogens is 1. The van der Waals surface area contributed by atoms with Crippen molar-refractivity contribution >= 4 is 87.7 Å². The summed E-state index contributed by atoms with van der Waals surface area (Å²) in [6.07, 6.45) is 3.99. The highest BCUT2D eigenvalue weighted by Crippen LogP contribution is 2.28. The summed E-state index contributed by atoms with van der Waals surface area (Å²) in [7, 11) is 0. The molecule has 214 valence electrons. The fraction of sp³-hybridized carbons (Fsp3) is 0.185. The lowest BCUT2D eigenvalue weighted by molar-refractivity contribution is 0.0685. The van der Waals surface area contributed by atoms with Gasteiger partial charge in [0.25, 0.3) is 0 Å². The third-order valence-corrected chi connectivity index (χ3v) is 7.69. The number of fused-ring (bicyclic) bond motifs is 2. The molecular formula is C27H29Br2ClN4O5S. The Balaban J connectivity index is 0.000000196. The van der Waals surface area contributed by atoms with Gasteiger partial charge in [-0.3, -0.25) is 0 Å². The van der Waals surface area contributed by atoms with Crippen molar-refractivity contribution in [1.29, 1.82) is 0 Å². The molecule has 1 unspecified atom stereocenters. The lowest BCUT2D eigenvalue weighted by Crippen LogP contribution is -2.18. The summed E-state index contributed by atoms with van der Waals surface area (Å²) in [5.41, 5.74) is 17.2. The van der Waals surface area contributed by atoms with E-state index in [2.05, 4.69) is 36.8 Å². The van der Waals surface area contributed by atoms with E-state index in [1.807, 2.05) is 36.4 Å². The smallest absolute Gasteiger partial charge is 0.352 e. The van der Waals surface area contributed by atoms with Crippen molar-refractivity contribution in [3.63, 3.8) is 0 Å². The van der Waals surface area contributed by atoms with Crippen LogP contribution in [-0.4, -0.2) is 46.4 Å². The fourth-order valence-corrected chi connectivity index (χ4v) is 5.00. The van der Waals surface area contributed by atoms with Crippen LogP contribution in [-0.2, 0) is 4.74 Å². The Morgan fingerprint density at radius 3 is 2.20 bits per heavy atom. The summed E-state index contributed by atoms with van der Waals surface area (Å²) >= 11 is 13.4. The van der Waals surface area contributed by atoms with E-state index < -0.39 is 11.9 Å². The van der Waals surface area contributed by atoms with E-state index in [0.717, 1.165) is 49.6 Å². The van der Waals surface area contributed by atoms with Crippen LogP contribution in [0.2, 0.25) is 0 Å². The van der Waals surface area contributed by atoms with Crippen molar-refractivity contribution in [2.75, 3.05) is 13.2 Å². The Morgan fingerprint density at radius 2 is 1.73 bits per heavy atom. The van der Waals surface area contributed by atoms with E-state index in [1.165, 1.54) is 17.5 Å². The van der Waals surface area contributed by atoms with Gasteiger partial charge in [0.05, 0.1) is 17.3 Å². The van der Waals surface area contributed by atoms with Crippen molar-refractivity contribution in [3.8, 4) is 0 Å². The normalized spacial score (nSPS) is 14.9. The molecule has 4 aromatic rings. The number of nitrogens with one attached hydrogen (secondary N) is 1. The maximum Gasteiger partial charge on any atom is 0.352 e. The first-order valence-corrected chi connectivity index (χ1v) is 14.5. The van der Waals surface area contributed by atoms with Crippen LogP contribution in [0, 0.1) is 0 Å². The average Bonchev–Trinajstić information content (AvgIpc) is 3.68. The molecule has 0 amide bonds.